The number of methoxy groups -OCH3 is 1. The second-order valence-corrected chi connectivity index (χ2v) is 5.22. The molecule has 0 saturated heterocycles. The number of alkyl halides is 2. The highest BCUT2D eigenvalue weighted by Gasteiger charge is 2.22. The zero-order valence-corrected chi connectivity index (χ0v) is 13.3. The number of anilines is 1. The standard InChI is InChI=1S/C14H10BrF2N3O3/c1-22-13(21)12-11(19)7(5-18)6-20(12)9-2-8(15)3-10(4-9)23-14(16)17/h2-4,6,14H,19H2,1H3. The van der Waals surface area contributed by atoms with Gasteiger partial charge in [-0.2, -0.15) is 14.0 Å². The lowest BCUT2D eigenvalue weighted by Gasteiger charge is -2.11. The molecule has 0 radical (unpaired) electrons. The Morgan fingerprint density at radius 3 is 2.70 bits per heavy atom. The van der Waals surface area contributed by atoms with Gasteiger partial charge in [0.25, 0.3) is 0 Å². The van der Waals surface area contributed by atoms with Crippen molar-refractivity contribution in [3.8, 4) is 17.5 Å². The lowest BCUT2D eigenvalue weighted by Crippen LogP contribution is -2.11. The summed E-state index contributed by atoms with van der Waals surface area (Å²) in [7, 11) is 1.16. The summed E-state index contributed by atoms with van der Waals surface area (Å²) in [6.07, 6.45) is 1.31. The number of nitrogens with zero attached hydrogens (tertiary/aromatic N) is 2. The Morgan fingerprint density at radius 1 is 1.43 bits per heavy atom. The van der Waals surface area contributed by atoms with Gasteiger partial charge in [0.2, 0.25) is 0 Å². The van der Waals surface area contributed by atoms with Gasteiger partial charge < -0.3 is 19.8 Å². The number of ether oxygens (including phenoxy) is 2. The van der Waals surface area contributed by atoms with Crippen LogP contribution in [0.15, 0.2) is 28.9 Å². The number of hydrogen-bond donors (Lipinski definition) is 1. The van der Waals surface area contributed by atoms with Crippen LogP contribution >= 0.6 is 15.9 Å². The van der Waals surface area contributed by atoms with Crippen molar-refractivity contribution in [1.29, 1.82) is 5.26 Å². The number of benzene rings is 1. The third-order valence-electron chi connectivity index (χ3n) is 2.90. The quantitative estimate of drug-likeness (QED) is 0.816. The molecule has 0 aliphatic rings. The van der Waals surface area contributed by atoms with E-state index in [1.54, 1.807) is 6.07 Å². The fourth-order valence-electron chi connectivity index (χ4n) is 1.98. The third-order valence-corrected chi connectivity index (χ3v) is 3.36. The van der Waals surface area contributed by atoms with Crippen LogP contribution in [-0.4, -0.2) is 24.3 Å². The van der Waals surface area contributed by atoms with Crippen molar-refractivity contribution in [3.05, 3.63) is 40.1 Å². The van der Waals surface area contributed by atoms with E-state index < -0.39 is 12.6 Å². The normalized spacial score (nSPS) is 10.4. The summed E-state index contributed by atoms with van der Waals surface area (Å²) in [5, 5.41) is 9.06. The van der Waals surface area contributed by atoms with Gasteiger partial charge in [-0.1, -0.05) is 15.9 Å². The van der Waals surface area contributed by atoms with E-state index in [-0.39, 0.29) is 22.7 Å². The molecular formula is C14H10BrF2N3O3. The van der Waals surface area contributed by atoms with Gasteiger partial charge in [-0.05, 0) is 12.1 Å². The molecule has 0 spiro atoms. The molecule has 0 unspecified atom stereocenters. The maximum Gasteiger partial charge on any atom is 0.387 e. The number of carbonyl (C=O) groups is 1. The molecule has 1 heterocycles. The minimum atomic E-state index is -3.00. The first-order chi connectivity index (χ1) is 10.9. The molecule has 2 rings (SSSR count). The molecule has 2 aromatic rings. The molecule has 0 aliphatic heterocycles. The molecule has 1 aromatic heterocycles. The summed E-state index contributed by atoms with van der Waals surface area (Å²) in [5.74, 6) is -0.883. The fourth-order valence-corrected chi connectivity index (χ4v) is 2.44. The predicted octanol–water partition coefficient (Wildman–Crippen LogP) is 3.08. The van der Waals surface area contributed by atoms with Crippen LogP contribution in [0, 0.1) is 11.3 Å². The van der Waals surface area contributed by atoms with Gasteiger partial charge in [0.05, 0.1) is 24.0 Å². The first kappa shape index (κ1) is 16.8. The van der Waals surface area contributed by atoms with E-state index in [0.717, 1.165) is 7.11 Å². The zero-order valence-electron chi connectivity index (χ0n) is 11.7. The number of nitrogen functional groups attached to an aromatic ring is 1. The summed E-state index contributed by atoms with van der Waals surface area (Å²) < 4.78 is 35.5. The Morgan fingerprint density at radius 2 is 2.13 bits per heavy atom. The van der Waals surface area contributed by atoms with Crippen LogP contribution in [-0.2, 0) is 4.74 Å². The SMILES string of the molecule is COC(=O)c1c(N)c(C#N)cn1-c1cc(Br)cc(OC(F)F)c1. The van der Waals surface area contributed by atoms with Crippen molar-refractivity contribution in [2.45, 2.75) is 6.61 Å². The van der Waals surface area contributed by atoms with Crippen LogP contribution in [0.1, 0.15) is 16.1 Å². The van der Waals surface area contributed by atoms with Crippen LogP contribution in [0.25, 0.3) is 5.69 Å². The number of aromatic nitrogens is 1. The van der Waals surface area contributed by atoms with E-state index in [1.807, 2.05) is 6.07 Å². The molecule has 1 aromatic carbocycles. The number of halogens is 3. The minimum Gasteiger partial charge on any atom is -0.464 e. The molecule has 0 aliphatic carbocycles. The van der Waals surface area contributed by atoms with Gasteiger partial charge in [0.15, 0.2) is 5.69 Å². The maximum atomic E-state index is 12.4. The summed E-state index contributed by atoms with van der Waals surface area (Å²) >= 11 is 3.17. The lowest BCUT2D eigenvalue weighted by molar-refractivity contribution is -0.0498. The molecule has 0 saturated carbocycles. The van der Waals surface area contributed by atoms with Crippen molar-refractivity contribution in [1.82, 2.24) is 4.57 Å². The van der Waals surface area contributed by atoms with Crippen molar-refractivity contribution in [2.24, 2.45) is 0 Å². The molecular weight excluding hydrogens is 376 g/mol. The Kier molecular flexibility index (Phi) is 4.86. The van der Waals surface area contributed by atoms with Crippen molar-refractivity contribution in [2.75, 3.05) is 12.8 Å². The Hall–Kier alpha value is -2.60. The van der Waals surface area contributed by atoms with Crippen molar-refractivity contribution >= 4 is 27.6 Å². The largest absolute Gasteiger partial charge is 0.464 e. The summed E-state index contributed by atoms with van der Waals surface area (Å²) in [4.78, 5) is 11.9. The topological polar surface area (TPSA) is 90.3 Å². The Labute approximate surface area is 138 Å². The number of esters is 1. The van der Waals surface area contributed by atoms with Gasteiger partial charge in [0, 0.05) is 16.7 Å². The molecule has 0 atom stereocenters. The van der Waals surface area contributed by atoms with Crippen molar-refractivity contribution < 1.29 is 23.0 Å². The molecule has 2 N–H and O–H groups in total. The monoisotopic (exact) mass is 385 g/mol. The first-order valence-electron chi connectivity index (χ1n) is 6.12. The van der Waals surface area contributed by atoms with Gasteiger partial charge in [-0.15, -0.1) is 0 Å². The lowest BCUT2D eigenvalue weighted by atomic mass is 10.2. The van der Waals surface area contributed by atoms with E-state index in [0.29, 0.717) is 10.2 Å². The number of carbonyl (C=O) groups excluding carboxylic acids is 1. The summed E-state index contributed by atoms with van der Waals surface area (Å²) in [5.41, 5.74) is 5.99. The van der Waals surface area contributed by atoms with Crippen molar-refractivity contribution in [3.63, 3.8) is 0 Å². The second kappa shape index (κ2) is 6.66. The second-order valence-electron chi connectivity index (χ2n) is 4.30. The first-order valence-corrected chi connectivity index (χ1v) is 6.91. The molecule has 9 heteroatoms. The number of rotatable bonds is 4. The Bertz CT molecular complexity index is 799. The van der Waals surface area contributed by atoms with Gasteiger partial charge in [-0.3, -0.25) is 0 Å². The highest BCUT2D eigenvalue weighted by atomic mass is 79.9. The van der Waals surface area contributed by atoms with Gasteiger partial charge in [-0.25, -0.2) is 4.79 Å². The van der Waals surface area contributed by atoms with Gasteiger partial charge in [0.1, 0.15) is 11.8 Å². The molecule has 0 amide bonds. The number of hydrogen-bond acceptors (Lipinski definition) is 5. The average Bonchev–Trinajstić information content (AvgIpc) is 2.82. The van der Waals surface area contributed by atoms with Crippen LogP contribution in [0.4, 0.5) is 14.5 Å². The summed E-state index contributed by atoms with van der Waals surface area (Å²) in [6.45, 7) is -3.00. The highest BCUT2D eigenvalue weighted by molar-refractivity contribution is 9.10. The van der Waals surface area contributed by atoms with E-state index in [1.165, 1.54) is 22.9 Å². The van der Waals surface area contributed by atoms with E-state index >= 15 is 0 Å². The fraction of sp³-hybridized carbons (Fsp3) is 0.143. The van der Waals surface area contributed by atoms with Crippen LogP contribution in [0.5, 0.6) is 5.75 Å². The molecule has 6 nitrogen and oxygen atoms in total. The molecule has 0 bridgehead atoms. The molecule has 120 valence electrons. The van der Waals surface area contributed by atoms with Gasteiger partial charge >= 0.3 is 12.6 Å². The predicted molar refractivity (Wildman–Crippen MR) is 80.6 cm³/mol. The average molecular weight is 386 g/mol. The third kappa shape index (κ3) is 3.43. The summed E-state index contributed by atoms with van der Waals surface area (Å²) in [6, 6.07) is 6.02. The highest BCUT2D eigenvalue weighted by Crippen LogP contribution is 2.30. The maximum absolute atomic E-state index is 12.4. The van der Waals surface area contributed by atoms with E-state index in [4.69, 9.17) is 11.0 Å². The number of nitrogens with two attached hydrogens (primary N) is 1. The minimum absolute atomic E-state index is 0.0571. The smallest absolute Gasteiger partial charge is 0.387 e. The van der Waals surface area contributed by atoms with E-state index in [9.17, 15) is 13.6 Å². The van der Waals surface area contributed by atoms with E-state index in [2.05, 4.69) is 25.4 Å². The van der Waals surface area contributed by atoms with Crippen LogP contribution < -0.4 is 10.5 Å². The Balaban J connectivity index is 2.64. The molecule has 0 fully saturated rings. The van der Waals surface area contributed by atoms with Crippen LogP contribution in [0.2, 0.25) is 0 Å². The number of nitriles is 1. The molecule has 23 heavy (non-hydrogen) atoms. The zero-order chi connectivity index (χ0) is 17.1. The van der Waals surface area contributed by atoms with Crippen LogP contribution in [0.3, 0.4) is 0 Å².